The van der Waals surface area contributed by atoms with E-state index in [-0.39, 0.29) is 24.9 Å². The minimum absolute atomic E-state index is 0.258. The molecule has 0 aliphatic heterocycles. The van der Waals surface area contributed by atoms with E-state index in [1.165, 1.54) is 0 Å². The summed E-state index contributed by atoms with van der Waals surface area (Å²) in [7, 11) is 0. The minimum Gasteiger partial charge on any atom is -0.456 e. The van der Waals surface area contributed by atoms with E-state index in [9.17, 15) is 9.59 Å². The molecule has 2 aromatic heterocycles. The number of carbonyl (C=O) groups excluding carboxylic acids is 2. The fraction of sp³-hybridized carbons (Fsp3) is 0.250. The van der Waals surface area contributed by atoms with Crippen LogP contribution >= 0.6 is 11.3 Å². The Kier molecular flexibility index (Phi) is 6.03. The number of rotatable bonds is 7. The zero-order chi connectivity index (χ0) is 19.2. The van der Waals surface area contributed by atoms with Gasteiger partial charge >= 0.3 is 5.97 Å². The predicted octanol–water partition coefficient (Wildman–Crippen LogP) is 3.67. The summed E-state index contributed by atoms with van der Waals surface area (Å²) in [5.41, 5.74) is 4.17. The fourth-order valence-electron chi connectivity index (χ4n) is 2.72. The minimum atomic E-state index is -0.384. The molecule has 3 rings (SSSR count). The second-order valence-corrected chi connectivity index (χ2v) is 6.91. The smallest absolute Gasteiger partial charge is 0.306 e. The Morgan fingerprint density at radius 1 is 1.19 bits per heavy atom. The molecule has 140 valence electrons. The maximum absolute atomic E-state index is 12.2. The van der Waals surface area contributed by atoms with Gasteiger partial charge in [-0.3, -0.25) is 9.59 Å². The Labute approximate surface area is 161 Å². The molecule has 1 amide bonds. The van der Waals surface area contributed by atoms with Crippen molar-refractivity contribution >= 4 is 28.9 Å². The first-order valence-electron chi connectivity index (χ1n) is 8.63. The molecule has 6 nitrogen and oxygen atoms in total. The van der Waals surface area contributed by atoms with Gasteiger partial charge in [0.05, 0.1) is 22.8 Å². The second kappa shape index (κ2) is 8.64. The third kappa shape index (κ3) is 4.83. The summed E-state index contributed by atoms with van der Waals surface area (Å²) < 4.78 is 6.85. The van der Waals surface area contributed by atoms with Gasteiger partial charge < -0.3 is 10.1 Å². The lowest BCUT2D eigenvalue weighted by Crippen LogP contribution is -2.21. The molecule has 0 spiro atoms. The van der Waals surface area contributed by atoms with Crippen LogP contribution in [0.15, 0.2) is 47.2 Å². The van der Waals surface area contributed by atoms with Crippen LogP contribution in [0, 0.1) is 13.8 Å². The van der Waals surface area contributed by atoms with E-state index < -0.39 is 0 Å². The molecule has 0 fully saturated rings. The number of amides is 1. The van der Waals surface area contributed by atoms with Gasteiger partial charge in [-0.2, -0.15) is 16.4 Å². The van der Waals surface area contributed by atoms with E-state index in [0.29, 0.717) is 17.8 Å². The summed E-state index contributed by atoms with van der Waals surface area (Å²) in [6.45, 7) is 3.41. The first kappa shape index (κ1) is 18.8. The van der Waals surface area contributed by atoms with Gasteiger partial charge in [-0.25, -0.2) is 4.68 Å². The molecule has 3 aromatic rings. The molecule has 0 unspecified atom stereocenters. The summed E-state index contributed by atoms with van der Waals surface area (Å²) in [5.74, 6) is -0.762. The van der Waals surface area contributed by atoms with Gasteiger partial charge in [-0.05, 0) is 54.8 Å². The van der Waals surface area contributed by atoms with Crippen LogP contribution < -0.4 is 5.32 Å². The predicted molar refractivity (Wildman–Crippen MR) is 105 cm³/mol. The van der Waals surface area contributed by atoms with Crippen LogP contribution in [0.4, 0.5) is 5.69 Å². The molecule has 0 atom stereocenters. The molecule has 0 saturated carbocycles. The first-order chi connectivity index (χ1) is 13.0. The number of hydrogen-bond donors (Lipinski definition) is 1. The summed E-state index contributed by atoms with van der Waals surface area (Å²) in [4.78, 5) is 24.0. The number of ether oxygens (including phenoxy) is 1. The van der Waals surface area contributed by atoms with Gasteiger partial charge in [-0.1, -0.05) is 18.2 Å². The van der Waals surface area contributed by atoms with Crippen LogP contribution in [-0.4, -0.2) is 28.3 Å². The molecular formula is C20H21N3O3S. The summed E-state index contributed by atoms with van der Waals surface area (Å²) in [5, 5.41) is 11.2. The summed E-state index contributed by atoms with van der Waals surface area (Å²) >= 11 is 1.59. The van der Waals surface area contributed by atoms with Crippen molar-refractivity contribution in [3.63, 3.8) is 0 Å². The number of hydrogen-bond acceptors (Lipinski definition) is 5. The van der Waals surface area contributed by atoms with Gasteiger partial charge in [0, 0.05) is 6.42 Å². The van der Waals surface area contributed by atoms with Gasteiger partial charge in [0.1, 0.15) is 0 Å². The lowest BCUT2D eigenvalue weighted by molar-refractivity contribution is -0.147. The van der Waals surface area contributed by atoms with E-state index >= 15 is 0 Å². The highest BCUT2D eigenvalue weighted by Gasteiger charge is 2.16. The molecule has 7 heteroatoms. The number of benzene rings is 1. The number of esters is 1. The molecule has 0 aliphatic rings. The number of aromatic nitrogens is 2. The number of thiophene rings is 1. The molecule has 2 heterocycles. The molecule has 0 aliphatic carbocycles. The van der Waals surface area contributed by atoms with E-state index in [1.807, 2.05) is 61.0 Å². The Hall–Kier alpha value is -2.93. The average molecular weight is 383 g/mol. The number of para-hydroxylation sites is 1. The largest absolute Gasteiger partial charge is 0.456 e. The molecule has 0 bridgehead atoms. The van der Waals surface area contributed by atoms with Crippen LogP contribution in [0.3, 0.4) is 0 Å². The number of nitrogens with one attached hydrogen (secondary N) is 1. The zero-order valence-corrected chi connectivity index (χ0v) is 16.1. The van der Waals surface area contributed by atoms with Crippen molar-refractivity contribution < 1.29 is 14.3 Å². The molecule has 1 N–H and O–H groups in total. The van der Waals surface area contributed by atoms with E-state index in [4.69, 9.17) is 4.74 Å². The Morgan fingerprint density at radius 2 is 1.96 bits per heavy atom. The van der Waals surface area contributed by atoms with Crippen molar-refractivity contribution in [2.75, 3.05) is 11.9 Å². The van der Waals surface area contributed by atoms with Crippen molar-refractivity contribution in [2.24, 2.45) is 0 Å². The van der Waals surface area contributed by atoms with E-state index in [2.05, 4.69) is 10.4 Å². The fourth-order valence-corrected chi connectivity index (χ4v) is 3.42. The molecule has 0 radical (unpaired) electrons. The highest BCUT2D eigenvalue weighted by molar-refractivity contribution is 7.07. The third-order valence-electron chi connectivity index (χ3n) is 4.12. The molecule has 0 saturated heterocycles. The lowest BCUT2D eigenvalue weighted by atomic mass is 10.2. The first-order valence-corrected chi connectivity index (χ1v) is 9.57. The van der Waals surface area contributed by atoms with Gasteiger partial charge in [0.15, 0.2) is 6.61 Å². The Morgan fingerprint density at radius 3 is 2.67 bits per heavy atom. The van der Waals surface area contributed by atoms with Crippen LogP contribution in [0.1, 0.15) is 23.4 Å². The Balaban J connectivity index is 1.55. The van der Waals surface area contributed by atoms with Crippen molar-refractivity contribution in [3.8, 4) is 5.69 Å². The van der Waals surface area contributed by atoms with Crippen LogP contribution in [0.25, 0.3) is 5.69 Å². The van der Waals surface area contributed by atoms with E-state index in [1.54, 1.807) is 16.0 Å². The average Bonchev–Trinajstić information content (AvgIpc) is 3.29. The number of aryl methyl sites for hydroxylation is 2. The van der Waals surface area contributed by atoms with Crippen molar-refractivity contribution in [2.45, 2.75) is 26.7 Å². The van der Waals surface area contributed by atoms with Crippen LogP contribution in [0.2, 0.25) is 0 Å². The maximum Gasteiger partial charge on any atom is 0.306 e. The monoisotopic (exact) mass is 383 g/mol. The number of nitrogens with zero attached hydrogens (tertiary/aromatic N) is 2. The van der Waals surface area contributed by atoms with Crippen LogP contribution in [0.5, 0.6) is 0 Å². The highest BCUT2D eigenvalue weighted by Crippen LogP contribution is 2.22. The van der Waals surface area contributed by atoms with Crippen molar-refractivity contribution in [1.29, 1.82) is 0 Å². The third-order valence-corrected chi connectivity index (χ3v) is 4.85. The van der Waals surface area contributed by atoms with Crippen LogP contribution in [-0.2, 0) is 20.7 Å². The molecule has 1 aromatic carbocycles. The zero-order valence-electron chi connectivity index (χ0n) is 15.3. The normalized spacial score (nSPS) is 10.6. The van der Waals surface area contributed by atoms with Crippen molar-refractivity contribution in [3.05, 3.63) is 64.1 Å². The number of carbonyl (C=O) groups is 2. The summed E-state index contributed by atoms with van der Waals surface area (Å²) in [6, 6.07) is 11.7. The van der Waals surface area contributed by atoms with Gasteiger partial charge in [0.25, 0.3) is 5.91 Å². The Bertz CT molecular complexity index is 918. The standard InChI is InChI=1S/C20H21N3O3S/c1-14-20(15(2)23(22-14)17-6-4-3-5-7-17)21-18(24)12-26-19(25)9-8-16-10-11-27-13-16/h3-7,10-11,13H,8-9,12H2,1-2H3,(H,21,24). The topological polar surface area (TPSA) is 73.2 Å². The van der Waals surface area contributed by atoms with Crippen molar-refractivity contribution in [1.82, 2.24) is 9.78 Å². The SMILES string of the molecule is Cc1nn(-c2ccccc2)c(C)c1NC(=O)COC(=O)CCc1ccsc1. The number of anilines is 1. The molecular weight excluding hydrogens is 362 g/mol. The molecule has 27 heavy (non-hydrogen) atoms. The maximum atomic E-state index is 12.2. The van der Waals surface area contributed by atoms with Gasteiger partial charge in [0.2, 0.25) is 0 Å². The van der Waals surface area contributed by atoms with Gasteiger partial charge in [-0.15, -0.1) is 0 Å². The second-order valence-electron chi connectivity index (χ2n) is 6.13. The summed E-state index contributed by atoms with van der Waals surface area (Å²) in [6.07, 6.45) is 0.875. The van der Waals surface area contributed by atoms with E-state index in [0.717, 1.165) is 16.9 Å². The highest BCUT2D eigenvalue weighted by atomic mass is 32.1. The lowest BCUT2D eigenvalue weighted by Gasteiger charge is -2.08. The quantitative estimate of drug-likeness (QED) is 0.632.